The third-order valence-electron chi connectivity index (χ3n) is 7.80. The molecule has 1 aliphatic heterocycles. The van der Waals surface area contributed by atoms with Crippen LogP contribution in [-0.4, -0.2) is 67.5 Å². The monoisotopic (exact) mass is 636 g/mol. The quantitative estimate of drug-likeness (QED) is 0.168. The number of amides is 1. The topological polar surface area (TPSA) is 133 Å². The fourth-order valence-corrected chi connectivity index (χ4v) is 6.18. The average Bonchev–Trinajstić information content (AvgIpc) is 3.58. The van der Waals surface area contributed by atoms with Crippen LogP contribution in [0.15, 0.2) is 36.5 Å². The lowest BCUT2D eigenvalue weighted by atomic mass is 9.82. The molecule has 0 saturated heterocycles. The Morgan fingerprint density at radius 3 is 2.38 bits per heavy atom. The molecule has 2 aromatic heterocycles. The van der Waals surface area contributed by atoms with Crippen molar-refractivity contribution in [1.29, 1.82) is 0 Å². The summed E-state index contributed by atoms with van der Waals surface area (Å²) in [6, 6.07) is 11.1. The van der Waals surface area contributed by atoms with Crippen molar-refractivity contribution in [1.82, 2.24) is 30.1 Å². The van der Waals surface area contributed by atoms with Crippen LogP contribution in [0.2, 0.25) is 25.7 Å². The second-order valence-electron chi connectivity index (χ2n) is 14.6. The molecular weight excluding hydrogens is 588 g/mol. The third kappa shape index (κ3) is 9.67. The molecule has 4 rings (SSSR count). The smallest absolute Gasteiger partial charge is 0.410 e. The van der Waals surface area contributed by atoms with Crippen molar-refractivity contribution in [2.75, 3.05) is 6.61 Å². The number of rotatable bonds is 13. The van der Waals surface area contributed by atoms with E-state index in [4.69, 9.17) is 14.5 Å². The van der Waals surface area contributed by atoms with Gasteiger partial charge >= 0.3 is 12.1 Å². The van der Waals surface area contributed by atoms with Crippen LogP contribution in [0.25, 0.3) is 11.1 Å². The summed E-state index contributed by atoms with van der Waals surface area (Å²) < 4.78 is 13.1. The van der Waals surface area contributed by atoms with E-state index in [0.29, 0.717) is 38.4 Å². The molecule has 12 heteroatoms. The van der Waals surface area contributed by atoms with Crippen molar-refractivity contribution in [2.45, 2.75) is 104 Å². The van der Waals surface area contributed by atoms with E-state index in [-0.39, 0.29) is 18.7 Å². The van der Waals surface area contributed by atoms with Crippen molar-refractivity contribution in [3.05, 3.63) is 59.2 Å². The molecule has 0 aliphatic carbocycles. The van der Waals surface area contributed by atoms with Crippen LogP contribution in [0.3, 0.4) is 0 Å². The molecule has 0 radical (unpaired) electrons. The Labute approximate surface area is 267 Å². The number of nitrogens with zero attached hydrogens (tertiary/aromatic N) is 6. The van der Waals surface area contributed by atoms with Crippen LogP contribution in [0.5, 0.6) is 0 Å². The molecule has 3 heterocycles. The number of carboxylic acids is 1. The van der Waals surface area contributed by atoms with Crippen LogP contribution in [0, 0.1) is 11.8 Å². The van der Waals surface area contributed by atoms with Gasteiger partial charge in [0.1, 0.15) is 12.3 Å². The van der Waals surface area contributed by atoms with Gasteiger partial charge in [-0.2, -0.15) is 0 Å². The van der Waals surface area contributed by atoms with E-state index < -0.39 is 31.5 Å². The molecule has 0 fully saturated rings. The van der Waals surface area contributed by atoms with Crippen LogP contribution in [0.1, 0.15) is 69.6 Å². The molecule has 3 aromatic rings. The predicted octanol–water partition coefficient (Wildman–Crippen LogP) is 6.37. The fraction of sp³-hybridized carbons (Fsp3) is 0.576. The van der Waals surface area contributed by atoms with Gasteiger partial charge < -0.3 is 14.6 Å². The van der Waals surface area contributed by atoms with Gasteiger partial charge in [-0.1, -0.05) is 51.7 Å². The third-order valence-corrected chi connectivity index (χ3v) is 9.50. The van der Waals surface area contributed by atoms with Crippen LogP contribution < -0.4 is 0 Å². The Balaban J connectivity index is 1.52. The maximum atomic E-state index is 12.6. The molecule has 0 saturated carbocycles. The second kappa shape index (κ2) is 14.2. The lowest BCUT2D eigenvalue weighted by Gasteiger charge is -2.24. The van der Waals surface area contributed by atoms with Crippen LogP contribution in [-0.2, 0) is 40.5 Å². The van der Waals surface area contributed by atoms with Gasteiger partial charge in [0.15, 0.2) is 5.82 Å². The van der Waals surface area contributed by atoms with E-state index >= 15 is 0 Å². The van der Waals surface area contributed by atoms with Crippen molar-refractivity contribution >= 4 is 20.1 Å². The SMILES string of the molecule is CC(C)C[C@H](C(=O)O)[C@H](Cc1ccc(-c2ccc3c(c2)CN(C(=O)OC(C)(C)C)C3)cn1)c1nnnn1COCC[Si](C)(C)C. The van der Waals surface area contributed by atoms with Gasteiger partial charge in [0, 0.05) is 57.6 Å². The lowest BCUT2D eigenvalue weighted by Crippen LogP contribution is -2.33. The number of aromatic nitrogens is 5. The normalized spacial score (nSPS) is 14.8. The molecule has 2 atom stereocenters. The summed E-state index contributed by atoms with van der Waals surface area (Å²) in [4.78, 5) is 31.6. The summed E-state index contributed by atoms with van der Waals surface area (Å²) in [6.07, 6.45) is 2.35. The van der Waals surface area contributed by atoms with Gasteiger partial charge in [-0.3, -0.25) is 14.7 Å². The molecule has 1 aliphatic rings. The Hall–Kier alpha value is -3.64. The number of hydrogen-bond acceptors (Lipinski definition) is 8. The van der Waals surface area contributed by atoms with Crippen molar-refractivity contribution < 1.29 is 24.2 Å². The zero-order chi connectivity index (χ0) is 32.9. The Morgan fingerprint density at radius 2 is 1.76 bits per heavy atom. The van der Waals surface area contributed by atoms with Gasteiger partial charge in [-0.15, -0.1) is 5.10 Å². The largest absolute Gasteiger partial charge is 0.481 e. The first-order valence-electron chi connectivity index (χ1n) is 15.7. The molecule has 1 amide bonds. The highest BCUT2D eigenvalue weighted by Gasteiger charge is 2.35. The molecule has 0 spiro atoms. The summed E-state index contributed by atoms with van der Waals surface area (Å²) in [7, 11) is -1.26. The summed E-state index contributed by atoms with van der Waals surface area (Å²) in [5, 5.41) is 22.6. The van der Waals surface area contributed by atoms with Gasteiger partial charge in [0.25, 0.3) is 0 Å². The standard InChI is InChI=1S/C33H48N6O5Si/c1-22(2)15-29(31(40)41)28(30-35-36-37-39(30)21-43-13-14-45(6,7)8)17-27-12-11-24(18-34-27)23-9-10-25-19-38(20-26(25)16-23)32(42)44-33(3,4)5/h9-12,16,18,22,28-29H,13-15,17,19-21H2,1-8H3,(H,40,41)/t28-,29-/m0/s1. The van der Waals surface area contributed by atoms with Gasteiger partial charge in [0.2, 0.25) is 0 Å². The first-order chi connectivity index (χ1) is 21.1. The number of ether oxygens (including phenoxy) is 2. The molecule has 1 aromatic carbocycles. The number of aliphatic carboxylic acids is 1. The summed E-state index contributed by atoms with van der Waals surface area (Å²) >= 11 is 0. The van der Waals surface area contributed by atoms with Crippen molar-refractivity contribution in [3.63, 3.8) is 0 Å². The van der Waals surface area contributed by atoms with E-state index in [1.807, 2.05) is 65.1 Å². The number of hydrogen-bond donors (Lipinski definition) is 1. The minimum absolute atomic E-state index is 0.173. The first-order valence-corrected chi connectivity index (χ1v) is 19.4. The highest BCUT2D eigenvalue weighted by molar-refractivity contribution is 6.76. The molecule has 45 heavy (non-hydrogen) atoms. The van der Waals surface area contributed by atoms with E-state index in [2.05, 4.69) is 41.2 Å². The van der Waals surface area contributed by atoms with Crippen molar-refractivity contribution in [2.24, 2.45) is 11.8 Å². The molecule has 244 valence electrons. The minimum atomic E-state index is -1.26. The summed E-state index contributed by atoms with van der Waals surface area (Å²) in [6.45, 7) is 18.3. The predicted molar refractivity (Wildman–Crippen MR) is 174 cm³/mol. The molecule has 11 nitrogen and oxygen atoms in total. The van der Waals surface area contributed by atoms with E-state index in [1.54, 1.807) is 9.58 Å². The van der Waals surface area contributed by atoms with Gasteiger partial charge in [0.05, 0.1) is 5.92 Å². The highest BCUT2D eigenvalue weighted by atomic mass is 28.3. The molecular formula is C33H48N6O5Si. The molecule has 0 unspecified atom stereocenters. The van der Waals surface area contributed by atoms with Crippen LogP contribution >= 0.6 is 0 Å². The summed E-state index contributed by atoms with van der Waals surface area (Å²) in [5.74, 6) is -1.39. The zero-order valence-corrected chi connectivity index (χ0v) is 28.9. The maximum absolute atomic E-state index is 12.6. The highest BCUT2D eigenvalue weighted by Crippen LogP contribution is 2.33. The van der Waals surface area contributed by atoms with E-state index in [1.165, 1.54) is 0 Å². The van der Waals surface area contributed by atoms with Gasteiger partial charge in [-0.05, 0) is 78.4 Å². The van der Waals surface area contributed by atoms with Crippen molar-refractivity contribution in [3.8, 4) is 11.1 Å². The molecule has 1 N–H and O–H groups in total. The minimum Gasteiger partial charge on any atom is -0.481 e. The number of pyridine rings is 1. The number of carboxylic acid groups (broad SMARTS) is 1. The van der Waals surface area contributed by atoms with Crippen LogP contribution in [0.4, 0.5) is 4.79 Å². The number of tetrazole rings is 1. The number of carbonyl (C=O) groups excluding carboxylic acids is 1. The number of fused-ring (bicyclic) bond motifs is 1. The average molecular weight is 637 g/mol. The fourth-order valence-electron chi connectivity index (χ4n) is 5.43. The van der Waals surface area contributed by atoms with E-state index in [9.17, 15) is 14.7 Å². The number of benzene rings is 1. The Kier molecular flexibility index (Phi) is 10.8. The maximum Gasteiger partial charge on any atom is 0.410 e. The number of carbonyl (C=O) groups is 2. The Morgan fingerprint density at radius 1 is 1.04 bits per heavy atom. The van der Waals surface area contributed by atoms with E-state index in [0.717, 1.165) is 34.0 Å². The zero-order valence-electron chi connectivity index (χ0n) is 27.9. The Bertz CT molecular complexity index is 1460. The van der Waals surface area contributed by atoms with Gasteiger partial charge in [-0.25, -0.2) is 9.48 Å². The second-order valence-corrected chi connectivity index (χ2v) is 20.2. The summed E-state index contributed by atoms with van der Waals surface area (Å²) in [5.41, 5.74) is 4.33. The lowest BCUT2D eigenvalue weighted by molar-refractivity contribution is -0.143. The first kappa shape index (κ1) is 34.2. The molecule has 0 bridgehead atoms.